The Balaban J connectivity index is 1.98. The molecule has 0 bridgehead atoms. The van der Waals surface area contributed by atoms with Gasteiger partial charge in [0.15, 0.2) is 0 Å². The van der Waals surface area contributed by atoms with Gasteiger partial charge >= 0.3 is 0 Å². The average molecular weight is 225 g/mol. The standard InChI is InChI=1S/C16H19N/c17-12-4-7-14-8-10-16(11-9-14)13-15-5-2-1-3-6-15/h1-3,5-6,8-11H,4,7,12-13,17H2. The van der Waals surface area contributed by atoms with Gasteiger partial charge in [-0.15, -0.1) is 0 Å². The first kappa shape index (κ1) is 11.9. The normalized spacial score (nSPS) is 10.4. The summed E-state index contributed by atoms with van der Waals surface area (Å²) in [5.74, 6) is 0. The largest absolute Gasteiger partial charge is 0.330 e. The molecule has 0 unspecified atom stereocenters. The van der Waals surface area contributed by atoms with Gasteiger partial charge in [0, 0.05) is 0 Å². The molecule has 2 aromatic carbocycles. The van der Waals surface area contributed by atoms with Crippen LogP contribution in [0.5, 0.6) is 0 Å². The lowest BCUT2D eigenvalue weighted by Gasteiger charge is -2.04. The van der Waals surface area contributed by atoms with Gasteiger partial charge in [-0.25, -0.2) is 0 Å². The highest BCUT2D eigenvalue weighted by Gasteiger charge is 1.96. The van der Waals surface area contributed by atoms with E-state index >= 15 is 0 Å². The second kappa shape index (κ2) is 6.21. The fraction of sp³-hybridized carbons (Fsp3) is 0.250. The van der Waals surface area contributed by atoms with Crippen molar-refractivity contribution in [2.24, 2.45) is 5.73 Å². The molecule has 1 heteroatoms. The van der Waals surface area contributed by atoms with Gasteiger partial charge in [0.25, 0.3) is 0 Å². The summed E-state index contributed by atoms with van der Waals surface area (Å²) in [6.07, 6.45) is 3.16. The zero-order valence-corrected chi connectivity index (χ0v) is 10.1. The first-order chi connectivity index (χ1) is 8.38. The van der Waals surface area contributed by atoms with E-state index in [9.17, 15) is 0 Å². The summed E-state index contributed by atoms with van der Waals surface area (Å²) in [7, 11) is 0. The van der Waals surface area contributed by atoms with Gasteiger partial charge < -0.3 is 5.73 Å². The van der Waals surface area contributed by atoms with E-state index in [1.165, 1.54) is 16.7 Å². The van der Waals surface area contributed by atoms with E-state index in [-0.39, 0.29) is 0 Å². The molecular weight excluding hydrogens is 206 g/mol. The van der Waals surface area contributed by atoms with Crippen molar-refractivity contribution in [3.8, 4) is 0 Å². The number of aryl methyl sites for hydroxylation is 1. The van der Waals surface area contributed by atoms with Gasteiger partial charge in [-0.1, -0.05) is 54.6 Å². The Hall–Kier alpha value is -1.60. The summed E-state index contributed by atoms with van der Waals surface area (Å²) in [5, 5.41) is 0. The smallest absolute Gasteiger partial charge is 0.00258 e. The minimum Gasteiger partial charge on any atom is -0.330 e. The third kappa shape index (κ3) is 3.72. The van der Waals surface area contributed by atoms with E-state index in [1.54, 1.807) is 0 Å². The maximum atomic E-state index is 5.51. The highest BCUT2D eigenvalue weighted by atomic mass is 14.5. The number of rotatable bonds is 5. The Labute approximate surface area is 103 Å². The van der Waals surface area contributed by atoms with E-state index in [2.05, 4.69) is 54.6 Å². The molecule has 2 aromatic rings. The van der Waals surface area contributed by atoms with Crippen LogP contribution in [-0.4, -0.2) is 6.54 Å². The summed E-state index contributed by atoms with van der Waals surface area (Å²) in [4.78, 5) is 0. The first-order valence-electron chi connectivity index (χ1n) is 6.20. The van der Waals surface area contributed by atoms with Crippen LogP contribution in [0.25, 0.3) is 0 Å². The molecule has 2 N–H and O–H groups in total. The molecule has 88 valence electrons. The van der Waals surface area contributed by atoms with Crippen molar-refractivity contribution in [2.75, 3.05) is 6.54 Å². The van der Waals surface area contributed by atoms with Crippen molar-refractivity contribution < 1.29 is 0 Å². The molecule has 0 radical (unpaired) electrons. The summed E-state index contributed by atoms with van der Waals surface area (Å²) in [6, 6.07) is 19.4. The number of hydrogen-bond donors (Lipinski definition) is 1. The third-order valence-corrected chi connectivity index (χ3v) is 2.94. The number of benzene rings is 2. The van der Waals surface area contributed by atoms with Crippen molar-refractivity contribution in [1.29, 1.82) is 0 Å². The van der Waals surface area contributed by atoms with Crippen LogP contribution >= 0.6 is 0 Å². The molecule has 0 spiro atoms. The zero-order chi connectivity index (χ0) is 11.9. The van der Waals surface area contributed by atoms with Gasteiger partial charge in [-0.2, -0.15) is 0 Å². The Morgan fingerprint density at radius 1 is 0.706 bits per heavy atom. The van der Waals surface area contributed by atoms with Gasteiger partial charge in [0.2, 0.25) is 0 Å². The second-order valence-electron chi connectivity index (χ2n) is 4.37. The fourth-order valence-corrected chi connectivity index (χ4v) is 1.96. The summed E-state index contributed by atoms with van der Waals surface area (Å²) in [6.45, 7) is 0.770. The van der Waals surface area contributed by atoms with E-state index < -0.39 is 0 Å². The lowest BCUT2D eigenvalue weighted by molar-refractivity contribution is 0.832. The molecule has 0 aliphatic heterocycles. The lowest BCUT2D eigenvalue weighted by Crippen LogP contribution is -2.00. The van der Waals surface area contributed by atoms with Crippen LogP contribution in [0.2, 0.25) is 0 Å². The Morgan fingerprint density at radius 3 is 1.94 bits per heavy atom. The molecule has 0 heterocycles. The van der Waals surface area contributed by atoms with Gasteiger partial charge in [-0.3, -0.25) is 0 Å². The maximum Gasteiger partial charge on any atom is -0.00258 e. The van der Waals surface area contributed by atoms with E-state index in [0.29, 0.717) is 0 Å². The second-order valence-corrected chi connectivity index (χ2v) is 4.37. The number of hydrogen-bond acceptors (Lipinski definition) is 1. The molecule has 0 aliphatic rings. The summed E-state index contributed by atoms with van der Waals surface area (Å²) < 4.78 is 0. The highest BCUT2D eigenvalue weighted by Crippen LogP contribution is 2.11. The number of nitrogens with two attached hydrogens (primary N) is 1. The van der Waals surface area contributed by atoms with Crippen LogP contribution in [0.1, 0.15) is 23.1 Å². The van der Waals surface area contributed by atoms with Gasteiger partial charge in [-0.05, 0) is 42.5 Å². The van der Waals surface area contributed by atoms with Crippen LogP contribution in [0.15, 0.2) is 54.6 Å². The first-order valence-corrected chi connectivity index (χ1v) is 6.20. The molecule has 0 amide bonds. The minimum absolute atomic E-state index is 0.770. The highest BCUT2D eigenvalue weighted by molar-refractivity contribution is 5.28. The lowest BCUT2D eigenvalue weighted by atomic mass is 10.0. The molecule has 0 saturated carbocycles. The molecule has 1 nitrogen and oxygen atoms in total. The van der Waals surface area contributed by atoms with Crippen molar-refractivity contribution in [1.82, 2.24) is 0 Å². The van der Waals surface area contributed by atoms with Gasteiger partial charge in [0.1, 0.15) is 0 Å². The van der Waals surface area contributed by atoms with Crippen molar-refractivity contribution in [3.05, 3.63) is 71.3 Å². The van der Waals surface area contributed by atoms with Crippen molar-refractivity contribution >= 4 is 0 Å². The average Bonchev–Trinajstić information content (AvgIpc) is 2.39. The maximum absolute atomic E-state index is 5.51. The monoisotopic (exact) mass is 225 g/mol. The third-order valence-electron chi connectivity index (χ3n) is 2.94. The van der Waals surface area contributed by atoms with E-state index in [1.807, 2.05) is 0 Å². The van der Waals surface area contributed by atoms with Crippen LogP contribution in [0.4, 0.5) is 0 Å². The molecule has 0 saturated heterocycles. The van der Waals surface area contributed by atoms with Crippen LogP contribution < -0.4 is 5.73 Å². The molecule has 2 rings (SSSR count). The summed E-state index contributed by atoms with van der Waals surface area (Å²) in [5.41, 5.74) is 9.62. The molecular formula is C16H19N. The Kier molecular flexibility index (Phi) is 4.34. The zero-order valence-electron chi connectivity index (χ0n) is 10.1. The Bertz CT molecular complexity index is 431. The molecule has 0 aliphatic carbocycles. The molecule has 0 aromatic heterocycles. The topological polar surface area (TPSA) is 26.0 Å². The van der Waals surface area contributed by atoms with E-state index in [4.69, 9.17) is 5.73 Å². The van der Waals surface area contributed by atoms with Crippen LogP contribution in [0, 0.1) is 0 Å². The molecule has 0 fully saturated rings. The summed E-state index contributed by atoms with van der Waals surface area (Å²) >= 11 is 0. The quantitative estimate of drug-likeness (QED) is 0.831. The van der Waals surface area contributed by atoms with Crippen LogP contribution in [0.3, 0.4) is 0 Å². The predicted molar refractivity (Wildman–Crippen MR) is 73.1 cm³/mol. The van der Waals surface area contributed by atoms with Gasteiger partial charge in [0.05, 0.1) is 0 Å². The molecule has 17 heavy (non-hydrogen) atoms. The Morgan fingerprint density at radius 2 is 1.29 bits per heavy atom. The predicted octanol–water partition coefficient (Wildman–Crippen LogP) is 3.17. The van der Waals surface area contributed by atoms with Crippen molar-refractivity contribution in [3.63, 3.8) is 0 Å². The SMILES string of the molecule is NCCCc1ccc(Cc2ccccc2)cc1. The van der Waals surface area contributed by atoms with Crippen molar-refractivity contribution in [2.45, 2.75) is 19.3 Å². The minimum atomic E-state index is 0.770. The van der Waals surface area contributed by atoms with Crippen LogP contribution in [-0.2, 0) is 12.8 Å². The van der Waals surface area contributed by atoms with E-state index in [0.717, 1.165) is 25.8 Å². The fourth-order valence-electron chi connectivity index (χ4n) is 1.96. The molecule has 0 atom stereocenters.